The Hall–Kier alpha value is -1.77. The van der Waals surface area contributed by atoms with E-state index in [1.807, 2.05) is 0 Å². The van der Waals surface area contributed by atoms with Crippen LogP contribution in [-0.2, 0) is 4.79 Å². The number of allylic oxidation sites excluding steroid dienone is 1. The van der Waals surface area contributed by atoms with Gasteiger partial charge in [0.2, 0.25) is 0 Å². The molecule has 0 heterocycles. The summed E-state index contributed by atoms with van der Waals surface area (Å²) in [6, 6.07) is 4.25. The largest absolute Gasteiger partial charge is 0.508 e. The molecular formula is C11H12O3. The Labute approximate surface area is 82.3 Å². The predicted octanol–water partition coefficient (Wildman–Crippen LogP) is 2.09. The second kappa shape index (κ2) is 3.96. The van der Waals surface area contributed by atoms with Crippen molar-refractivity contribution >= 4 is 11.9 Å². The second-order valence-corrected chi connectivity index (χ2v) is 3.13. The van der Waals surface area contributed by atoms with Crippen LogP contribution in [0.4, 0.5) is 0 Å². The second-order valence-electron chi connectivity index (χ2n) is 3.13. The van der Waals surface area contributed by atoms with Crippen LogP contribution >= 0.6 is 0 Å². The van der Waals surface area contributed by atoms with Gasteiger partial charge in [0, 0.05) is 11.6 Å². The van der Waals surface area contributed by atoms with E-state index in [2.05, 4.69) is 0 Å². The number of phenolic OH excluding ortho intramolecular Hbond substituents is 2. The summed E-state index contributed by atoms with van der Waals surface area (Å²) in [7, 11) is 0. The lowest BCUT2D eigenvalue weighted by atomic mass is 10.1. The molecule has 0 fully saturated rings. The van der Waals surface area contributed by atoms with Crippen LogP contribution in [0.15, 0.2) is 23.8 Å². The van der Waals surface area contributed by atoms with Gasteiger partial charge in [-0.3, -0.25) is 4.79 Å². The fourth-order valence-corrected chi connectivity index (χ4v) is 0.989. The molecule has 0 atom stereocenters. The molecule has 0 radical (unpaired) electrons. The highest BCUT2D eigenvalue weighted by Crippen LogP contribution is 2.24. The third-order valence-corrected chi connectivity index (χ3v) is 1.94. The van der Waals surface area contributed by atoms with Crippen molar-refractivity contribution in [1.29, 1.82) is 0 Å². The van der Waals surface area contributed by atoms with Gasteiger partial charge in [0.05, 0.1) is 0 Å². The molecule has 0 saturated carbocycles. The van der Waals surface area contributed by atoms with E-state index < -0.39 is 0 Å². The number of carbonyl (C=O) groups excluding carboxylic acids is 1. The van der Waals surface area contributed by atoms with Gasteiger partial charge in [0.25, 0.3) is 0 Å². The number of hydrogen-bond donors (Lipinski definition) is 2. The van der Waals surface area contributed by atoms with E-state index in [4.69, 9.17) is 5.11 Å². The standard InChI is InChI=1S/C11H12O3/c1-7(8(2)12)5-9-3-4-10(13)6-11(9)14/h3-6,13-14H,1-2H3/b7-5-. The first kappa shape index (κ1) is 10.3. The lowest BCUT2D eigenvalue weighted by molar-refractivity contribution is -0.113. The van der Waals surface area contributed by atoms with Crippen LogP contribution in [-0.4, -0.2) is 16.0 Å². The highest BCUT2D eigenvalue weighted by molar-refractivity contribution is 5.97. The van der Waals surface area contributed by atoms with Crippen molar-refractivity contribution in [2.24, 2.45) is 0 Å². The maximum atomic E-state index is 10.9. The smallest absolute Gasteiger partial charge is 0.155 e. The normalized spacial score (nSPS) is 11.4. The van der Waals surface area contributed by atoms with Gasteiger partial charge < -0.3 is 10.2 Å². The highest BCUT2D eigenvalue weighted by atomic mass is 16.3. The van der Waals surface area contributed by atoms with E-state index in [1.165, 1.54) is 19.1 Å². The summed E-state index contributed by atoms with van der Waals surface area (Å²) in [6.45, 7) is 3.14. The first-order valence-electron chi connectivity index (χ1n) is 4.22. The van der Waals surface area contributed by atoms with E-state index in [0.29, 0.717) is 11.1 Å². The lowest BCUT2D eigenvalue weighted by Crippen LogP contribution is -1.90. The number of rotatable bonds is 2. The van der Waals surface area contributed by atoms with Crippen molar-refractivity contribution in [3.63, 3.8) is 0 Å². The van der Waals surface area contributed by atoms with Gasteiger partial charge in [-0.1, -0.05) is 0 Å². The molecule has 0 saturated heterocycles. The van der Waals surface area contributed by atoms with Crippen LogP contribution < -0.4 is 0 Å². The summed E-state index contributed by atoms with van der Waals surface area (Å²) in [6.07, 6.45) is 1.58. The maximum absolute atomic E-state index is 10.9. The molecule has 3 heteroatoms. The molecule has 0 unspecified atom stereocenters. The minimum atomic E-state index is -0.0440. The van der Waals surface area contributed by atoms with E-state index in [9.17, 15) is 9.90 Å². The van der Waals surface area contributed by atoms with Gasteiger partial charge in [-0.15, -0.1) is 0 Å². The molecule has 3 nitrogen and oxygen atoms in total. The zero-order chi connectivity index (χ0) is 10.7. The topological polar surface area (TPSA) is 57.5 Å². The molecule has 0 bridgehead atoms. The molecule has 14 heavy (non-hydrogen) atoms. The highest BCUT2D eigenvalue weighted by Gasteiger charge is 2.01. The van der Waals surface area contributed by atoms with Crippen LogP contribution in [0.3, 0.4) is 0 Å². The SMILES string of the molecule is CC(=O)/C(C)=C\c1ccc(O)cc1O. The Kier molecular flexibility index (Phi) is 2.92. The fourth-order valence-electron chi connectivity index (χ4n) is 0.989. The van der Waals surface area contributed by atoms with E-state index in [1.54, 1.807) is 19.1 Å². The Morgan fingerprint density at radius 3 is 2.43 bits per heavy atom. The fraction of sp³-hybridized carbons (Fsp3) is 0.182. The van der Waals surface area contributed by atoms with E-state index in [0.717, 1.165) is 0 Å². The quantitative estimate of drug-likeness (QED) is 0.705. The maximum Gasteiger partial charge on any atom is 0.155 e. The monoisotopic (exact) mass is 192 g/mol. The Morgan fingerprint density at radius 2 is 1.93 bits per heavy atom. The molecule has 1 rings (SSSR count). The first-order valence-corrected chi connectivity index (χ1v) is 4.22. The molecule has 1 aromatic rings. The van der Waals surface area contributed by atoms with Gasteiger partial charge in [0.15, 0.2) is 5.78 Å². The van der Waals surface area contributed by atoms with Crippen LogP contribution in [0.5, 0.6) is 11.5 Å². The summed E-state index contributed by atoms with van der Waals surface area (Å²) in [5.74, 6) is -0.0804. The first-order chi connectivity index (χ1) is 6.50. The van der Waals surface area contributed by atoms with Crippen molar-refractivity contribution in [3.8, 4) is 11.5 Å². The molecule has 2 N–H and O–H groups in total. The summed E-state index contributed by atoms with van der Waals surface area (Å²) in [4.78, 5) is 10.9. The minimum Gasteiger partial charge on any atom is -0.508 e. The lowest BCUT2D eigenvalue weighted by Gasteiger charge is -2.01. The molecule has 0 aliphatic carbocycles. The van der Waals surface area contributed by atoms with Crippen LogP contribution in [0.25, 0.3) is 6.08 Å². The van der Waals surface area contributed by atoms with Crippen molar-refractivity contribution in [1.82, 2.24) is 0 Å². The van der Waals surface area contributed by atoms with E-state index in [-0.39, 0.29) is 17.3 Å². The average molecular weight is 192 g/mol. The van der Waals surface area contributed by atoms with Crippen molar-refractivity contribution < 1.29 is 15.0 Å². The van der Waals surface area contributed by atoms with Crippen molar-refractivity contribution in [3.05, 3.63) is 29.3 Å². The number of hydrogen-bond acceptors (Lipinski definition) is 3. The van der Waals surface area contributed by atoms with Gasteiger partial charge in [0.1, 0.15) is 11.5 Å². The van der Waals surface area contributed by atoms with Crippen LogP contribution in [0.2, 0.25) is 0 Å². The summed E-state index contributed by atoms with van der Waals surface area (Å²) in [5, 5.41) is 18.4. The number of phenols is 2. The molecule has 0 spiro atoms. The van der Waals surface area contributed by atoms with Gasteiger partial charge >= 0.3 is 0 Å². The number of carbonyl (C=O) groups is 1. The van der Waals surface area contributed by atoms with Gasteiger partial charge in [-0.05, 0) is 37.6 Å². The van der Waals surface area contributed by atoms with Gasteiger partial charge in [-0.2, -0.15) is 0 Å². The minimum absolute atomic E-state index is 0.000119. The Morgan fingerprint density at radius 1 is 1.29 bits per heavy atom. The van der Waals surface area contributed by atoms with E-state index >= 15 is 0 Å². The van der Waals surface area contributed by atoms with Crippen LogP contribution in [0.1, 0.15) is 19.4 Å². The summed E-state index contributed by atoms with van der Waals surface area (Å²) >= 11 is 0. The molecule has 1 aromatic carbocycles. The predicted molar refractivity (Wildman–Crippen MR) is 54.1 cm³/mol. The zero-order valence-corrected chi connectivity index (χ0v) is 8.11. The number of aromatic hydroxyl groups is 2. The zero-order valence-electron chi connectivity index (χ0n) is 8.11. The van der Waals surface area contributed by atoms with Gasteiger partial charge in [-0.25, -0.2) is 0 Å². The average Bonchev–Trinajstić information content (AvgIpc) is 2.09. The number of Topliss-reactive ketones (excluding diaryl/α,β-unsaturated/α-hetero) is 1. The molecule has 0 aromatic heterocycles. The van der Waals surface area contributed by atoms with Crippen LogP contribution in [0, 0.1) is 0 Å². The number of ketones is 1. The number of benzene rings is 1. The Balaban J connectivity index is 3.09. The third-order valence-electron chi connectivity index (χ3n) is 1.94. The third kappa shape index (κ3) is 2.36. The molecule has 0 amide bonds. The summed E-state index contributed by atoms with van der Waals surface area (Å²) < 4.78 is 0. The molecule has 0 aliphatic heterocycles. The summed E-state index contributed by atoms with van der Waals surface area (Å²) in [5.41, 5.74) is 1.08. The van der Waals surface area contributed by atoms with Crippen molar-refractivity contribution in [2.45, 2.75) is 13.8 Å². The molecular weight excluding hydrogens is 180 g/mol. The molecule has 74 valence electrons. The Bertz CT molecular complexity index is 392. The molecule has 0 aliphatic rings. The van der Waals surface area contributed by atoms with Crippen molar-refractivity contribution in [2.75, 3.05) is 0 Å².